The van der Waals surface area contributed by atoms with Gasteiger partial charge in [-0.15, -0.1) is 12.6 Å². The van der Waals surface area contributed by atoms with Crippen LogP contribution in [0.5, 0.6) is 0 Å². The molecular weight excluding hydrogens is 110 g/mol. The molecule has 0 aliphatic carbocycles. The normalized spacial score (nSPS) is 9.43. The highest BCUT2D eigenvalue weighted by Gasteiger charge is 1.92. The smallest absolute Gasteiger partial charge is 0.181 e. The summed E-state index contributed by atoms with van der Waals surface area (Å²) in [6.45, 7) is 1.81. The third-order valence-electron chi connectivity index (χ3n) is 0.719. The third kappa shape index (κ3) is 0.771. The van der Waals surface area contributed by atoms with Gasteiger partial charge in [-0.2, -0.15) is 0 Å². The largest absolute Gasteiger partial charge is 0.448 e. The molecule has 0 N–H and O–H groups in total. The van der Waals surface area contributed by atoms with Gasteiger partial charge in [-0.1, -0.05) is 0 Å². The monoisotopic (exact) mass is 115 g/mol. The van der Waals surface area contributed by atoms with Crippen LogP contribution < -0.4 is 0 Å². The van der Waals surface area contributed by atoms with E-state index in [9.17, 15) is 0 Å². The van der Waals surface area contributed by atoms with Crippen molar-refractivity contribution in [2.24, 2.45) is 0 Å². The molecule has 0 fully saturated rings. The van der Waals surface area contributed by atoms with E-state index in [1.165, 1.54) is 6.39 Å². The van der Waals surface area contributed by atoms with Gasteiger partial charge in [-0.3, -0.25) is 0 Å². The van der Waals surface area contributed by atoms with E-state index in [4.69, 9.17) is 4.42 Å². The summed E-state index contributed by atoms with van der Waals surface area (Å²) >= 11 is 3.94. The average Bonchev–Trinajstić information content (AvgIpc) is 1.91. The highest BCUT2D eigenvalue weighted by Crippen LogP contribution is 2.06. The third-order valence-corrected chi connectivity index (χ3v) is 1.15. The lowest BCUT2D eigenvalue weighted by atomic mass is 10.6. The second kappa shape index (κ2) is 1.58. The zero-order valence-electron chi connectivity index (χ0n) is 3.88. The summed E-state index contributed by atoms with van der Waals surface area (Å²) in [4.78, 5) is 3.71. The second-order valence-electron chi connectivity index (χ2n) is 1.23. The number of hydrogen-bond acceptors (Lipinski definition) is 3. The Morgan fingerprint density at radius 3 is 2.71 bits per heavy atom. The summed E-state index contributed by atoms with van der Waals surface area (Å²) < 4.78 is 4.78. The van der Waals surface area contributed by atoms with Gasteiger partial charge in [0.2, 0.25) is 0 Å². The van der Waals surface area contributed by atoms with Gasteiger partial charge in [0.15, 0.2) is 6.39 Å². The SMILES string of the molecule is Cc1ocnc1S. The summed E-state index contributed by atoms with van der Waals surface area (Å²) in [6.07, 6.45) is 1.37. The lowest BCUT2D eigenvalue weighted by Crippen LogP contribution is -1.62. The van der Waals surface area contributed by atoms with Gasteiger partial charge in [-0.05, 0) is 6.92 Å². The first-order valence-corrected chi connectivity index (χ1v) is 2.34. The predicted octanol–water partition coefficient (Wildman–Crippen LogP) is 1.27. The van der Waals surface area contributed by atoms with Gasteiger partial charge in [0, 0.05) is 0 Å². The highest BCUT2D eigenvalue weighted by atomic mass is 32.1. The molecular formula is C4H5NOS. The van der Waals surface area contributed by atoms with Crippen LogP contribution >= 0.6 is 12.6 Å². The Balaban J connectivity index is 3.12. The lowest BCUT2D eigenvalue weighted by Gasteiger charge is -1.75. The van der Waals surface area contributed by atoms with Gasteiger partial charge in [-0.25, -0.2) is 4.98 Å². The van der Waals surface area contributed by atoms with Crippen molar-refractivity contribution < 1.29 is 4.42 Å². The van der Waals surface area contributed by atoms with Crippen LogP contribution in [0.4, 0.5) is 0 Å². The van der Waals surface area contributed by atoms with Crippen molar-refractivity contribution in [1.82, 2.24) is 4.98 Å². The fourth-order valence-electron chi connectivity index (χ4n) is 0.299. The minimum absolute atomic E-state index is 0.667. The van der Waals surface area contributed by atoms with Crippen LogP contribution in [-0.4, -0.2) is 4.98 Å². The van der Waals surface area contributed by atoms with E-state index in [-0.39, 0.29) is 0 Å². The Hall–Kier alpha value is -0.440. The van der Waals surface area contributed by atoms with Crippen LogP contribution in [0.1, 0.15) is 5.76 Å². The van der Waals surface area contributed by atoms with Crippen molar-refractivity contribution in [3.63, 3.8) is 0 Å². The predicted molar refractivity (Wildman–Crippen MR) is 28.5 cm³/mol. The molecule has 0 spiro atoms. The standard InChI is InChI=1S/C4H5NOS/c1-3-4(7)5-2-6-3/h2,7H,1H3. The minimum Gasteiger partial charge on any atom is -0.448 e. The zero-order valence-corrected chi connectivity index (χ0v) is 4.77. The number of hydrogen-bond donors (Lipinski definition) is 1. The van der Waals surface area contributed by atoms with Crippen LogP contribution in [0.3, 0.4) is 0 Å². The van der Waals surface area contributed by atoms with Gasteiger partial charge >= 0.3 is 0 Å². The summed E-state index contributed by atoms with van der Waals surface area (Å²) in [7, 11) is 0. The molecule has 1 heterocycles. The number of aryl methyl sites for hydroxylation is 1. The first kappa shape index (κ1) is 4.71. The van der Waals surface area contributed by atoms with Crippen molar-refractivity contribution in [2.75, 3.05) is 0 Å². The van der Waals surface area contributed by atoms with Crippen LogP contribution in [0.15, 0.2) is 15.8 Å². The lowest BCUT2D eigenvalue weighted by molar-refractivity contribution is 0.522. The molecule has 0 aromatic carbocycles. The second-order valence-corrected chi connectivity index (χ2v) is 1.66. The van der Waals surface area contributed by atoms with Crippen molar-refractivity contribution in [2.45, 2.75) is 11.9 Å². The molecule has 0 saturated carbocycles. The topological polar surface area (TPSA) is 26.0 Å². The van der Waals surface area contributed by atoms with E-state index in [2.05, 4.69) is 17.6 Å². The van der Waals surface area contributed by atoms with Crippen LogP contribution in [-0.2, 0) is 0 Å². The summed E-state index contributed by atoms with van der Waals surface area (Å²) in [5, 5.41) is 0.667. The Bertz CT molecular complexity index is 144. The number of oxazole rings is 1. The van der Waals surface area contributed by atoms with Crippen molar-refractivity contribution in [1.29, 1.82) is 0 Å². The molecule has 0 aliphatic heterocycles. The maximum absolute atomic E-state index is 4.78. The van der Waals surface area contributed by atoms with Gasteiger partial charge in [0.1, 0.15) is 10.8 Å². The molecule has 1 aromatic rings. The number of aromatic nitrogens is 1. The molecule has 0 aliphatic rings. The summed E-state index contributed by atoms with van der Waals surface area (Å²) in [5.41, 5.74) is 0. The molecule has 1 aromatic heterocycles. The highest BCUT2D eigenvalue weighted by molar-refractivity contribution is 7.80. The first-order valence-electron chi connectivity index (χ1n) is 1.90. The van der Waals surface area contributed by atoms with E-state index >= 15 is 0 Å². The zero-order chi connectivity index (χ0) is 5.28. The van der Waals surface area contributed by atoms with E-state index in [1.807, 2.05) is 6.92 Å². The molecule has 0 saturated heterocycles. The Morgan fingerprint density at radius 2 is 2.57 bits per heavy atom. The van der Waals surface area contributed by atoms with Crippen LogP contribution in [0, 0.1) is 6.92 Å². The molecule has 2 nitrogen and oxygen atoms in total. The number of nitrogens with zero attached hydrogens (tertiary/aromatic N) is 1. The van der Waals surface area contributed by atoms with E-state index < -0.39 is 0 Å². The molecule has 3 heteroatoms. The molecule has 38 valence electrons. The minimum atomic E-state index is 0.667. The average molecular weight is 115 g/mol. The maximum atomic E-state index is 4.78. The summed E-state index contributed by atoms with van der Waals surface area (Å²) in [6, 6.07) is 0. The molecule has 0 atom stereocenters. The molecule has 0 amide bonds. The molecule has 0 radical (unpaired) electrons. The van der Waals surface area contributed by atoms with Crippen LogP contribution in [0.25, 0.3) is 0 Å². The molecule has 1 rings (SSSR count). The van der Waals surface area contributed by atoms with Crippen LogP contribution in [0.2, 0.25) is 0 Å². The van der Waals surface area contributed by atoms with E-state index in [1.54, 1.807) is 0 Å². The van der Waals surface area contributed by atoms with E-state index in [0.717, 1.165) is 5.76 Å². The summed E-state index contributed by atoms with van der Waals surface area (Å²) in [5.74, 6) is 0.767. The fraction of sp³-hybridized carbons (Fsp3) is 0.250. The maximum Gasteiger partial charge on any atom is 0.181 e. The van der Waals surface area contributed by atoms with Crippen molar-refractivity contribution >= 4 is 12.6 Å². The Morgan fingerprint density at radius 1 is 1.86 bits per heavy atom. The van der Waals surface area contributed by atoms with Gasteiger partial charge < -0.3 is 4.42 Å². The number of rotatable bonds is 0. The molecule has 0 unspecified atom stereocenters. The first-order chi connectivity index (χ1) is 3.30. The van der Waals surface area contributed by atoms with Crippen molar-refractivity contribution in [3.8, 4) is 0 Å². The molecule has 0 bridgehead atoms. The fourth-order valence-corrected chi connectivity index (χ4v) is 0.399. The van der Waals surface area contributed by atoms with Gasteiger partial charge in [0.25, 0.3) is 0 Å². The quantitative estimate of drug-likeness (QED) is 0.515. The van der Waals surface area contributed by atoms with Crippen molar-refractivity contribution in [3.05, 3.63) is 12.2 Å². The Kier molecular flexibility index (Phi) is 1.06. The van der Waals surface area contributed by atoms with E-state index in [0.29, 0.717) is 5.03 Å². The molecule has 7 heavy (non-hydrogen) atoms. The Labute approximate surface area is 47.0 Å². The van der Waals surface area contributed by atoms with Gasteiger partial charge in [0.05, 0.1) is 0 Å². The number of thiol groups is 1.